The summed E-state index contributed by atoms with van der Waals surface area (Å²) in [4.78, 5) is 24.4. The zero-order valence-electron chi connectivity index (χ0n) is 17.9. The molecular formula is C24H23Cl2FN2O4. The van der Waals surface area contributed by atoms with Crippen molar-refractivity contribution in [3.63, 3.8) is 0 Å². The zero-order valence-corrected chi connectivity index (χ0v) is 19.4. The molecule has 4 rings (SSSR count). The van der Waals surface area contributed by atoms with Gasteiger partial charge in [-0.3, -0.25) is 4.79 Å². The highest BCUT2D eigenvalue weighted by atomic mass is 35.5. The molecule has 1 aromatic heterocycles. The van der Waals surface area contributed by atoms with Crippen molar-refractivity contribution < 1.29 is 23.8 Å². The van der Waals surface area contributed by atoms with Crippen LogP contribution in [0, 0.1) is 5.82 Å². The van der Waals surface area contributed by atoms with E-state index >= 15 is 0 Å². The van der Waals surface area contributed by atoms with E-state index < -0.39 is 17.8 Å². The zero-order chi connectivity index (χ0) is 23.7. The normalized spacial score (nSPS) is 16.3. The summed E-state index contributed by atoms with van der Waals surface area (Å²) in [5.41, 5.74) is 2.17. The van der Waals surface area contributed by atoms with E-state index in [9.17, 15) is 19.1 Å². The fraction of sp³-hybridized carbons (Fsp3) is 0.333. The van der Waals surface area contributed by atoms with Gasteiger partial charge in [0.25, 0.3) is 5.91 Å². The second-order valence-electron chi connectivity index (χ2n) is 8.09. The number of nitrogens with one attached hydrogen (secondary N) is 1. The molecule has 0 spiro atoms. The quantitative estimate of drug-likeness (QED) is 0.476. The first-order chi connectivity index (χ1) is 15.8. The molecule has 1 amide bonds. The minimum atomic E-state index is -0.966. The molecule has 0 saturated carbocycles. The second kappa shape index (κ2) is 9.61. The molecule has 33 heavy (non-hydrogen) atoms. The van der Waals surface area contributed by atoms with Gasteiger partial charge in [0.1, 0.15) is 17.6 Å². The number of benzene rings is 2. The molecule has 2 aromatic carbocycles. The highest BCUT2D eigenvalue weighted by molar-refractivity contribution is 6.35. The predicted molar refractivity (Wildman–Crippen MR) is 125 cm³/mol. The number of nitrogens with zero attached hydrogens (tertiary/aromatic N) is 1. The van der Waals surface area contributed by atoms with Crippen LogP contribution in [-0.4, -0.2) is 34.2 Å². The maximum absolute atomic E-state index is 14.2. The van der Waals surface area contributed by atoms with Crippen LogP contribution in [0.4, 0.5) is 4.39 Å². The Morgan fingerprint density at radius 3 is 2.79 bits per heavy atom. The lowest BCUT2D eigenvalue weighted by molar-refractivity contribution is -0.141. The largest absolute Gasteiger partial charge is 0.484 e. The number of halogens is 3. The Kier molecular flexibility index (Phi) is 6.81. The van der Waals surface area contributed by atoms with Gasteiger partial charge in [-0.1, -0.05) is 36.2 Å². The van der Waals surface area contributed by atoms with E-state index in [4.69, 9.17) is 27.9 Å². The molecule has 3 aromatic rings. The molecule has 0 radical (unpaired) electrons. The highest BCUT2D eigenvalue weighted by Gasteiger charge is 2.32. The first-order valence-electron chi connectivity index (χ1n) is 10.7. The fourth-order valence-corrected chi connectivity index (χ4v) is 5.02. The van der Waals surface area contributed by atoms with Gasteiger partial charge < -0.3 is 19.7 Å². The summed E-state index contributed by atoms with van der Waals surface area (Å²) in [6.07, 6.45) is 1.95. The Bertz CT molecular complexity index is 1230. The lowest BCUT2D eigenvalue weighted by Crippen LogP contribution is -2.41. The van der Waals surface area contributed by atoms with Crippen molar-refractivity contribution in [1.29, 1.82) is 0 Å². The van der Waals surface area contributed by atoms with E-state index in [2.05, 4.69) is 5.32 Å². The molecule has 0 bridgehead atoms. The maximum Gasteiger partial charge on any atom is 0.326 e. The van der Waals surface area contributed by atoms with Crippen LogP contribution in [0.25, 0.3) is 10.9 Å². The fourth-order valence-electron chi connectivity index (χ4n) is 4.54. The van der Waals surface area contributed by atoms with Gasteiger partial charge in [0.15, 0.2) is 6.61 Å². The molecule has 6 nitrogen and oxygen atoms in total. The number of carbonyl (C=O) groups is 2. The van der Waals surface area contributed by atoms with Crippen LogP contribution in [0.2, 0.25) is 10.0 Å². The molecule has 0 aliphatic heterocycles. The monoisotopic (exact) mass is 492 g/mol. The number of aromatic nitrogens is 1. The molecule has 1 heterocycles. The van der Waals surface area contributed by atoms with Crippen LogP contribution in [0.3, 0.4) is 0 Å². The number of hydrogen-bond acceptors (Lipinski definition) is 3. The molecule has 2 atom stereocenters. The maximum atomic E-state index is 14.2. The van der Waals surface area contributed by atoms with Gasteiger partial charge in [-0.15, -0.1) is 0 Å². The van der Waals surface area contributed by atoms with Crippen molar-refractivity contribution in [2.45, 2.75) is 44.7 Å². The first-order valence-corrected chi connectivity index (χ1v) is 11.4. The second-order valence-corrected chi connectivity index (χ2v) is 8.94. The number of aliphatic carboxylic acids is 1. The first kappa shape index (κ1) is 23.4. The predicted octanol–water partition coefficient (Wildman–Crippen LogP) is 5.18. The summed E-state index contributed by atoms with van der Waals surface area (Å²) in [7, 11) is 0. The van der Waals surface area contributed by atoms with Gasteiger partial charge in [0.05, 0.1) is 10.5 Å². The SMILES string of the molecule is CCC(C(=O)O)n1c2c(c3cc(F)cc(Cl)c31)C[C@@H](NC(=O)COc1cccc(Cl)c1)CC2. The topological polar surface area (TPSA) is 80.6 Å². The molecule has 0 saturated heterocycles. The van der Waals surface area contributed by atoms with Crippen LogP contribution in [-0.2, 0) is 22.4 Å². The van der Waals surface area contributed by atoms with Gasteiger partial charge in [0.2, 0.25) is 0 Å². The van der Waals surface area contributed by atoms with Crippen molar-refractivity contribution in [2.75, 3.05) is 6.61 Å². The van der Waals surface area contributed by atoms with E-state index in [-0.39, 0.29) is 23.6 Å². The third-order valence-electron chi connectivity index (χ3n) is 5.93. The van der Waals surface area contributed by atoms with Crippen molar-refractivity contribution in [3.05, 3.63) is 63.5 Å². The summed E-state index contributed by atoms with van der Waals surface area (Å²) < 4.78 is 21.4. The van der Waals surface area contributed by atoms with E-state index in [0.29, 0.717) is 47.4 Å². The smallest absolute Gasteiger partial charge is 0.326 e. The summed E-state index contributed by atoms with van der Waals surface area (Å²) >= 11 is 12.3. The van der Waals surface area contributed by atoms with E-state index in [1.54, 1.807) is 35.8 Å². The minimum absolute atomic E-state index is 0.164. The van der Waals surface area contributed by atoms with Crippen molar-refractivity contribution >= 4 is 46.0 Å². The van der Waals surface area contributed by atoms with Gasteiger partial charge in [-0.05, 0) is 61.6 Å². The molecule has 1 unspecified atom stereocenters. The Hall–Kier alpha value is -2.77. The molecule has 174 valence electrons. The van der Waals surface area contributed by atoms with E-state index in [0.717, 1.165) is 11.3 Å². The number of carboxylic acids is 1. The van der Waals surface area contributed by atoms with Crippen LogP contribution < -0.4 is 10.1 Å². The Labute approximate surface area is 200 Å². The number of hydrogen-bond donors (Lipinski definition) is 2. The molecular weight excluding hydrogens is 470 g/mol. The van der Waals surface area contributed by atoms with Gasteiger partial charge in [0, 0.05) is 22.1 Å². The number of amides is 1. The van der Waals surface area contributed by atoms with Crippen molar-refractivity contribution in [2.24, 2.45) is 0 Å². The van der Waals surface area contributed by atoms with Gasteiger partial charge in [-0.25, -0.2) is 9.18 Å². The standard InChI is InChI=1S/C24H23Cl2FN2O4/c1-2-20(24(31)32)29-21-7-6-15(11-17(21)18-9-14(27)10-19(26)23(18)29)28-22(30)12-33-16-5-3-4-13(25)8-16/h3-5,8-10,15,20H,2,6-7,11-12H2,1H3,(H,28,30)(H,31,32)/t15-,20?/m0/s1. The van der Waals surface area contributed by atoms with E-state index in [1.807, 2.05) is 0 Å². The molecule has 1 aliphatic carbocycles. The third-order valence-corrected chi connectivity index (χ3v) is 6.45. The van der Waals surface area contributed by atoms with Gasteiger partial charge in [-0.2, -0.15) is 0 Å². The Morgan fingerprint density at radius 2 is 2.09 bits per heavy atom. The molecule has 9 heteroatoms. The summed E-state index contributed by atoms with van der Waals surface area (Å²) in [6.45, 7) is 1.63. The number of carbonyl (C=O) groups excluding carboxylic acids is 1. The van der Waals surface area contributed by atoms with Crippen molar-refractivity contribution in [1.82, 2.24) is 9.88 Å². The molecule has 2 N–H and O–H groups in total. The van der Waals surface area contributed by atoms with E-state index in [1.165, 1.54) is 12.1 Å². The average Bonchev–Trinajstić information content (AvgIpc) is 3.06. The highest BCUT2D eigenvalue weighted by Crippen LogP contribution is 2.39. The number of ether oxygens (including phenoxy) is 1. The average molecular weight is 493 g/mol. The van der Waals surface area contributed by atoms with Crippen molar-refractivity contribution in [3.8, 4) is 5.75 Å². The minimum Gasteiger partial charge on any atom is -0.484 e. The number of fused-ring (bicyclic) bond motifs is 3. The summed E-state index contributed by atoms with van der Waals surface area (Å²) in [5, 5.41) is 14.0. The van der Waals surface area contributed by atoms with Crippen LogP contribution in [0.15, 0.2) is 36.4 Å². The summed E-state index contributed by atoms with van der Waals surface area (Å²) in [6, 6.07) is 8.37. The summed E-state index contributed by atoms with van der Waals surface area (Å²) in [5.74, 6) is -1.24. The number of rotatable bonds is 7. The Balaban J connectivity index is 1.58. The lowest BCUT2D eigenvalue weighted by atomic mass is 9.91. The molecule has 1 aliphatic rings. The van der Waals surface area contributed by atoms with Crippen LogP contribution >= 0.6 is 23.2 Å². The molecule has 0 fully saturated rings. The van der Waals surface area contributed by atoms with Crippen LogP contribution in [0.5, 0.6) is 5.75 Å². The third kappa shape index (κ3) is 4.80. The van der Waals surface area contributed by atoms with Gasteiger partial charge >= 0.3 is 5.97 Å². The van der Waals surface area contributed by atoms with Crippen LogP contribution in [0.1, 0.15) is 37.1 Å². The Morgan fingerprint density at radius 1 is 1.30 bits per heavy atom. The number of carboxylic acid groups (broad SMARTS) is 1. The lowest BCUT2D eigenvalue weighted by Gasteiger charge is -2.26.